The Hall–Kier alpha value is -2.42. The van der Waals surface area contributed by atoms with Crippen LogP contribution < -0.4 is 0 Å². The van der Waals surface area contributed by atoms with Gasteiger partial charge in [0.15, 0.2) is 11.8 Å². The summed E-state index contributed by atoms with van der Waals surface area (Å²) in [6.45, 7) is 0.577. The van der Waals surface area contributed by atoms with Crippen molar-refractivity contribution in [3.05, 3.63) is 27.9 Å². The Labute approximate surface area is 120 Å². The van der Waals surface area contributed by atoms with Gasteiger partial charge in [0.2, 0.25) is 0 Å². The van der Waals surface area contributed by atoms with E-state index in [4.69, 9.17) is 4.74 Å². The predicted molar refractivity (Wildman–Crippen MR) is 69.7 cm³/mol. The first-order valence-electron chi connectivity index (χ1n) is 6.24. The zero-order chi connectivity index (χ0) is 15.6. The molecule has 0 aliphatic carbocycles. The Morgan fingerprint density at radius 1 is 1.48 bits per heavy atom. The molecule has 1 atom stereocenters. The van der Waals surface area contributed by atoms with Crippen molar-refractivity contribution in [2.75, 3.05) is 26.8 Å². The number of hydrogen-bond acceptors (Lipinski definition) is 6. The van der Waals surface area contributed by atoms with E-state index in [0.717, 1.165) is 0 Å². The molecule has 1 aromatic heterocycles. The van der Waals surface area contributed by atoms with Gasteiger partial charge in [-0.25, -0.2) is 9.36 Å². The van der Waals surface area contributed by atoms with Crippen LogP contribution in [0.5, 0.6) is 0 Å². The van der Waals surface area contributed by atoms with Crippen LogP contribution in [0, 0.1) is 10.1 Å². The lowest BCUT2D eigenvalue weighted by molar-refractivity contribution is -0.391. The third kappa shape index (κ3) is 2.87. The van der Waals surface area contributed by atoms with Gasteiger partial charge in [0.25, 0.3) is 5.91 Å². The number of aromatic nitrogens is 1. The van der Waals surface area contributed by atoms with Gasteiger partial charge >= 0.3 is 11.8 Å². The number of morpholine rings is 1. The Bertz CT molecular complexity index is 582. The maximum Gasteiger partial charge on any atom is 0.336 e. The fourth-order valence-corrected chi connectivity index (χ4v) is 2.17. The van der Waals surface area contributed by atoms with Crippen molar-refractivity contribution in [1.29, 1.82) is 0 Å². The van der Waals surface area contributed by atoms with E-state index in [1.807, 2.05) is 0 Å². The number of carbonyl (C=O) groups is 2. The number of carbonyl (C=O) groups excluding carboxylic acids is 2. The molecule has 0 aromatic carbocycles. The number of amides is 1. The third-order valence-electron chi connectivity index (χ3n) is 3.32. The first-order chi connectivity index (χ1) is 9.95. The fourth-order valence-electron chi connectivity index (χ4n) is 2.17. The minimum Gasteiger partial charge on any atom is -0.467 e. The highest BCUT2D eigenvalue weighted by Gasteiger charge is 2.33. The molecule has 9 nitrogen and oxygen atoms in total. The molecule has 0 saturated carbocycles. The Morgan fingerprint density at radius 2 is 2.19 bits per heavy atom. The van der Waals surface area contributed by atoms with Crippen LogP contribution >= 0.6 is 0 Å². The number of nitrogens with zero attached hydrogens (tertiary/aromatic N) is 3. The van der Waals surface area contributed by atoms with Crippen LogP contribution in [0.3, 0.4) is 0 Å². The van der Waals surface area contributed by atoms with Crippen molar-refractivity contribution in [3.8, 4) is 0 Å². The second-order valence-corrected chi connectivity index (χ2v) is 4.53. The first-order valence-corrected chi connectivity index (χ1v) is 6.24. The maximum absolute atomic E-state index is 12.4. The molecular weight excluding hydrogens is 282 g/mol. The normalized spacial score (nSPS) is 18.4. The standard InChI is InChI=1S/C12H15N3O6/c1-13-8(3-4-10(13)15(18)19)11(16)14-5-6-21-9(7-14)12(17)20-2/h3-4,9H,5-7H2,1-2H3. The summed E-state index contributed by atoms with van der Waals surface area (Å²) >= 11 is 0. The molecule has 0 N–H and O–H groups in total. The zero-order valence-corrected chi connectivity index (χ0v) is 11.6. The molecule has 9 heteroatoms. The summed E-state index contributed by atoms with van der Waals surface area (Å²) in [6, 6.07) is 2.66. The number of rotatable bonds is 3. The Kier molecular flexibility index (Phi) is 4.22. The van der Waals surface area contributed by atoms with E-state index in [2.05, 4.69) is 4.74 Å². The summed E-state index contributed by atoms with van der Waals surface area (Å²) in [4.78, 5) is 35.5. The minimum absolute atomic E-state index is 0.0600. The van der Waals surface area contributed by atoms with E-state index in [-0.39, 0.29) is 30.6 Å². The highest BCUT2D eigenvalue weighted by atomic mass is 16.6. The van der Waals surface area contributed by atoms with Crippen molar-refractivity contribution >= 4 is 17.7 Å². The summed E-state index contributed by atoms with van der Waals surface area (Å²) in [7, 11) is 2.69. The van der Waals surface area contributed by atoms with Crippen LogP contribution in [0.2, 0.25) is 0 Å². The lowest BCUT2D eigenvalue weighted by Gasteiger charge is -2.30. The van der Waals surface area contributed by atoms with Gasteiger partial charge in [-0.1, -0.05) is 0 Å². The van der Waals surface area contributed by atoms with Gasteiger partial charge < -0.3 is 24.5 Å². The predicted octanol–water partition coefficient (Wildman–Crippen LogP) is -0.0527. The average Bonchev–Trinajstić information content (AvgIpc) is 2.87. The van der Waals surface area contributed by atoms with Gasteiger partial charge in [0.1, 0.15) is 0 Å². The number of hydrogen-bond donors (Lipinski definition) is 0. The molecule has 1 saturated heterocycles. The number of ether oxygens (including phenoxy) is 2. The van der Waals surface area contributed by atoms with Gasteiger partial charge in [-0.05, 0) is 11.0 Å². The maximum atomic E-state index is 12.4. The molecule has 2 rings (SSSR count). The quantitative estimate of drug-likeness (QED) is 0.440. The summed E-state index contributed by atoms with van der Waals surface area (Å²) in [5.74, 6) is -1.11. The second-order valence-electron chi connectivity index (χ2n) is 4.53. The van der Waals surface area contributed by atoms with Crippen LogP contribution in [-0.4, -0.2) is 59.2 Å². The highest BCUT2D eigenvalue weighted by Crippen LogP contribution is 2.18. The molecule has 1 amide bonds. The molecule has 0 radical (unpaired) electrons. The van der Waals surface area contributed by atoms with Crippen molar-refractivity contribution in [2.24, 2.45) is 7.05 Å². The second kappa shape index (κ2) is 5.92. The monoisotopic (exact) mass is 297 g/mol. The molecule has 0 bridgehead atoms. The molecule has 1 aliphatic heterocycles. The van der Waals surface area contributed by atoms with Crippen molar-refractivity contribution in [1.82, 2.24) is 9.47 Å². The SMILES string of the molecule is COC(=O)C1CN(C(=O)c2ccc([N+](=O)[O-])n2C)CCO1. The fraction of sp³-hybridized carbons (Fsp3) is 0.500. The summed E-state index contributed by atoms with van der Waals surface area (Å²) in [5.41, 5.74) is 0.187. The Balaban J connectivity index is 2.16. The number of esters is 1. The van der Waals surface area contributed by atoms with E-state index in [9.17, 15) is 19.7 Å². The van der Waals surface area contributed by atoms with Gasteiger partial charge in [-0.2, -0.15) is 0 Å². The van der Waals surface area contributed by atoms with Gasteiger partial charge in [0.05, 0.1) is 27.3 Å². The van der Waals surface area contributed by atoms with E-state index >= 15 is 0 Å². The van der Waals surface area contributed by atoms with Crippen LogP contribution in [0.15, 0.2) is 12.1 Å². The number of nitro groups is 1. The molecule has 21 heavy (non-hydrogen) atoms. The van der Waals surface area contributed by atoms with Crippen molar-refractivity contribution in [3.63, 3.8) is 0 Å². The molecule has 0 spiro atoms. The topological polar surface area (TPSA) is 104 Å². The largest absolute Gasteiger partial charge is 0.467 e. The van der Waals surface area contributed by atoms with Crippen LogP contribution in [0.25, 0.3) is 0 Å². The molecule has 1 aliphatic rings. The van der Waals surface area contributed by atoms with E-state index < -0.39 is 17.0 Å². The lowest BCUT2D eigenvalue weighted by atomic mass is 10.2. The third-order valence-corrected chi connectivity index (χ3v) is 3.32. The molecular formula is C12H15N3O6. The average molecular weight is 297 g/mol. The summed E-state index contributed by atoms with van der Waals surface area (Å²) in [5, 5.41) is 10.8. The summed E-state index contributed by atoms with van der Waals surface area (Å²) < 4.78 is 11.0. The van der Waals surface area contributed by atoms with E-state index in [0.29, 0.717) is 6.54 Å². The molecule has 2 heterocycles. The summed E-state index contributed by atoms with van der Waals surface area (Å²) in [6.07, 6.45) is -0.831. The lowest BCUT2D eigenvalue weighted by Crippen LogP contribution is -2.49. The molecule has 1 aromatic rings. The Morgan fingerprint density at radius 3 is 2.76 bits per heavy atom. The molecule has 1 unspecified atom stereocenters. The van der Waals surface area contributed by atoms with E-state index in [1.54, 1.807) is 0 Å². The van der Waals surface area contributed by atoms with Gasteiger partial charge in [0, 0.05) is 12.6 Å². The van der Waals surface area contributed by atoms with Crippen LogP contribution in [0.4, 0.5) is 5.82 Å². The van der Waals surface area contributed by atoms with Gasteiger partial charge in [-0.3, -0.25) is 4.79 Å². The van der Waals surface area contributed by atoms with E-state index in [1.165, 1.54) is 35.8 Å². The molecule has 114 valence electrons. The zero-order valence-electron chi connectivity index (χ0n) is 11.6. The van der Waals surface area contributed by atoms with Gasteiger partial charge in [-0.15, -0.1) is 0 Å². The molecule has 1 fully saturated rings. The number of methoxy groups -OCH3 is 1. The van der Waals surface area contributed by atoms with Crippen LogP contribution in [-0.2, 0) is 21.3 Å². The van der Waals surface area contributed by atoms with Crippen molar-refractivity contribution < 1.29 is 24.0 Å². The van der Waals surface area contributed by atoms with Crippen LogP contribution in [0.1, 0.15) is 10.5 Å². The first kappa shape index (κ1) is 15.0. The van der Waals surface area contributed by atoms with Crippen molar-refractivity contribution in [2.45, 2.75) is 6.10 Å². The highest BCUT2D eigenvalue weighted by molar-refractivity contribution is 5.93. The smallest absolute Gasteiger partial charge is 0.336 e. The minimum atomic E-state index is -0.831.